The molecule has 3 N–H and O–H groups in total. The van der Waals surface area contributed by atoms with Crippen molar-refractivity contribution >= 4 is 26.5 Å². The Kier molecular flexibility index (Phi) is 19.7. The number of nitrogens with one attached hydrogen (secondary N) is 2. The third kappa shape index (κ3) is 12.9. The molecule has 0 amide bonds. The Labute approximate surface area is 501 Å². The highest BCUT2D eigenvalue weighted by atomic mass is 31.2. The summed E-state index contributed by atoms with van der Waals surface area (Å²) in [5.74, 6) is 1.20. The number of ether oxygens (including phenoxy) is 6. The molecule has 0 aliphatic carbocycles. The van der Waals surface area contributed by atoms with Crippen LogP contribution in [0.1, 0.15) is 88.2 Å². The minimum Gasteiger partial charge on any atom is -0.497 e. The van der Waals surface area contributed by atoms with E-state index in [0.29, 0.717) is 28.2 Å². The molecule has 0 radical (unpaired) electrons. The van der Waals surface area contributed by atoms with E-state index in [1.54, 1.807) is 21.1 Å². The average Bonchev–Trinajstić information content (AvgIpc) is 1.63. The zero-order chi connectivity index (χ0) is 61.6. The van der Waals surface area contributed by atoms with Crippen molar-refractivity contribution in [2.75, 3.05) is 53.7 Å². The largest absolute Gasteiger partial charge is 0.497 e. The second kappa shape index (κ2) is 26.6. The van der Waals surface area contributed by atoms with Gasteiger partial charge in [-0.05, 0) is 89.8 Å². The Hall–Kier alpha value is -6.85. The number of benzene rings is 5. The third-order valence-electron chi connectivity index (χ3n) is 16.5. The first-order chi connectivity index (χ1) is 41.2. The molecule has 2 bridgehead atoms. The van der Waals surface area contributed by atoms with Crippen molar-refractivity contribution in [1.29, 1.82) is 0 Å². The van der Waals surface area contributed by atoms with Gasteiger partial charge >= 0.3 is 19.2 Å². The van der Waals surface area contributed by atoms with Crippen molar-refractivity contribution in [2.24, 2.45) is 0 Å². The number of aryl methyl sites for hydroxylation is 2. The molecule has 10 rings (SSSR count). The smallest absolute Gasteiger partial charge is 0.472 e. The number of rotatable bonds is 22. The molecule has 0 spiro atoms. The van der Waals surface area contributed by atoms with Crippen molar-refractivity contribution in [3.8, 4) is 11.5 Å². The Morgan fingerprint density at radius 2 is 1.17 bits per heavy atom. The van der Waals surface area contributed by atoms with Gasteiger partial charge in [0.25, 0.3) is 19.4 Å². The van der Waals surface area contributed by atoms with Gasteiger partial charge in [-0.25, -0.2) is 14.2 Å². The van der Waals surface area contributed by atoms with E-state index < -0.39 is 98.4 Å². The number of hydrogen-bond donors (Lipinski definition) is 3. The summed E-state index contributed by atoms with van der Waals surface area (Å²) in [6, 6.07) is 44.0. The molecular weight excluding hydrogens is 1140 g/mol. The van der Waals surface area contributed by atoms with Crippen LogP contribution in [0.3, 0.4) is 0 Å². The molecule has 5 heterocycles. The molecule has 3 aliphatic heterocycles. The molecule has 1 unspecified atom stereocenters. The van der Waals surface area contributed by atoms with Gasteiger partial charge < -0.3 is 42.6 Å². The van der Waals surface area contributed by atoms with Crippen LogP contribution in [-0.4, -0.2) is 121 Å². The molecule has 3 saturated heterocycles. The standard InChI is InChI=1S/C58H63N4O15PSi.C6H15N/c1-37-32-61(54(65)59-51(37)63)48-31-46(77-79(56(3,4)5,44-19-13-9-14-20-44)45-21-15-10-16-22-45)47(74-48)34-73-78(67,68)76-50-49-53(62-33-38(2)52(64)60-55(62)66)75-57(50,35-71-49)36-72-58(39-17-11-8-12-18-39,40-23-27-42(69-6)28-24-40)41-25-29-43(70-7)30-26-41;1-4-7(5-2)6-3/h8-30,32-33,46-50,53H,31,34-36H2,1-7H3,(H,67,68)(H,59,63,65)(H,60,64,66);4-6H2,1-3H3/t46-,47+,48+,49+,50-,53+,57+;/m0./s1. The lowest BCUT2D eigenvalue weighted by molar-refractivity contribution is -0.204. The number of nitrogens with zero attached hydrogens (tertiary/aromatic N) is 3. The quantitative estimate of drug-likeness (QED) is 0.0339. The Bertz CT molecular complexity index is 3600. The SMILES string of the molecule is CCN(CC)CC.COc1ccc(C(OC[C@@]23CO[C@@H]([C@H](n4cc(C)c(=O)[nH]c4=O)O2)[C@@H]3OP(=O)(O)OC[C@H]2O[C@@H](n3cc(C)c(=O)[nH]c3=O)C[C@@H]2O[Si](c2ccccc2)(c2ccccc2)C(C)(C)C)(c2ccccc2)c2ccc(OC)cc2)cc1. The van der Waals surface area contributed by atoms with Gasteiger partial charge in [0.15, 0.2) is 6.23 Å². The Balaban J connectivity index is 0.00000119. The molecule has 458 valence electrons. The molecule has 3 aliphatic rings. The maximum atomic E-state index is 14.9. The molecule has 86 heavy (non-hydrogen) atoms. The fraction of sp³-hybridized carbons (Fsp3) is 0.406. The predicted octanol–water partition coefficient (Wildman–Crippen LogP) is 7.48. The van der Waals surface area contributed by atoms with Gasteiger partial charge in [0, 0.05) is 29.9 Å². The Morgan fingerprint density at radius 3 is 1.65 bits per heavy atom. The first-order valence-electron chi connectivity index (χ1n) is 28.9. The van der Waals surface area contributed by atoms with Crippen LogP contribution in [0.25, 0.3) is 0 Å². The summed E-state index contributed by atoms with van der Waals surface area (Å²) in [4.78, 5) is 71.5. The van der Waals surface area contributed by atoms with Gasteiger partial charge in [0.1, 0.15) is 47.2 Å². The Morgan fingerprint density at radius 1 is 0.698 bits per heavy atom. The second-order valence-corrected chi connectivity index (χ2v) is 28.4. The molecule has 0 saturated carbocycles. The highest BCUT2D eigenvalue weighted by molar-refractivity contribution is 7.47. The maximum Gasteiger partial charge on any atom is 0.472 e. The number of phosphoric acid groups is 1. The average molecular weight is 1220 g/mol. The third-order valence-corrected chi connectivity index (χ3v) is 22.5. The zero-order valence-corrected chi connectivity index (χ0v) is 52.2. The van der Waals surface area contributed by atoms with E-state index in [-0.39, 0.29) is 30.8 Å². The summed E-state index contributed by atoms with van der Waals surface area (Å²) >= 11 is 0. The van der Waals surface area contributed by atoms with Crippen LogP contribution in [0, 0.1) is 13.8 Å². The molecule has 2 aromatic heterocycles. The van der Waals surface area contributed by atoms with Crippen LogP contribution in [0.4, 0.5) is 0 Å². The minimum atomic E-state index is -5.25. The number of methoxy groups -OCH3 is 2. The monoisotopic (exact) mass is 1220 g/mol. The number of H-pyrrole nitrogens is 2. The van der Waals surface area contributed by atoms with E-state index in [0.717, 1.165) is 14.9 Å². The summed E-state index contributed by atoms with van der Waals surface area (Å²) in [5, 5.41) is 1.39. The van der Waals surface area contributed by atoms with Crippen LogP contribution >= 0.6 is 7.82 Å². The predicted molar refractivity (Wildman–Crippen MR) is 328 cm³/mol. The zero-order valence-electron chi connectivity index (χ0n) is 50.3. The van der Waals surface area contributed by atoms with E-state index in [4.69, 9.17) is 41.9 Å². The van der Waals surface area contributed by atoms with Gasteiger partial charge in [-0.1, -0.05) is 157 Å². The van der Waals surface area contributed by atoms with Gasteiger partial charge in [0.2, 0.25) is 0 Å². The molecule has 5 aromatic carbocycles. The highest BCUT2D eigenvalue weighted by Gasteiger charge is 2.66. The fourth-order valence-electron chi connectivity index (χ4n) is 11.8. The van der Waals surface area contributed by atoms with Gasteiger partial charge in [-0.2, -0.15) is 0 Å². The number of phosphoric ester groups is 1. The topological polar surface area (TPSA) is 233 Å². The number of fused-ring (bicyclic) bond motifs is 2. The van der Waals surface area contributed by atoms with Gasteiger partial charge in [0.05, 0.1) is 40.1 Å². The van der Waals surface area contributed by atoms with E-state index in [1.807, 2.05) is 140 Å². The van der Waals surface area contributed by atoms with Crippen LogP contribution in [0.2, 0.25) is 5.04 Å². The van der Waals surface area contributed by atoms with Crippen molar-refractivity contribution in [3.63, 3.8) is 0 Å². The summed E-state index contributed by atoms with van der Waals surface area (Å²) < 4.78 is 75.4. The highest BCUT2D eigenvalue weighted by Crippen LogP contribution is 2.56. The number of hydrogen-bond acceptors (Lipinski definition) is 15. The maximum absolute atomic E-state index is 14.9. The first-order valence-corrected chi connectivity index (χ1v) is 32.3. The lowest BCUT2D eigenvalue weighted by Crippen LogP contribution is -2.68. The van der Waals surface area contributed by atoms with Crippen molar-refractivity contribution in [2.45, 2.75) is 115 Å². The number of aromatic amines is 2. The van der Waals surface area contributed by atoms with Crippen LogP contribution in [-0.2, 0) is 42.6 Å². The first kappa shape index (κ1) is 63.6. The van der Waals surface area contributed by atoms with Gasteiger partial charge in [-0.15, -0.1) is 0 Å². The van der Waals surface area contributed by atoms with E-state index in [1.165, 1.54) is 43.5 Å². The van der Waals surface area contributed by atoms with E-state index >= 15 is 0 Å². The van der Waals surface area contributed by atoms with E-state index in [2.05, 4.69) is 56.4 Å². The summed E-state index contributed by atoms with van der Waals surface area (Å²) in [6.07, 6.45) is -4.17. The molecule has 7 aromatic rings. The lowest BCUT2D eigenvalue weighted by Gasteiger charge is -2.45. The van der Waals surface area contributed by atoms with Crippen molar-refractivity contribution in [3.05, 3.63) is 221 Å². The van der Waals surface area contributed by atoms with Crippen molar-refractivity contribution in [1.82, 2.24) is 24.0 Å². The van der Waals surface area contributed by atoms with Gasteiger partial charge in [-0.3, -0.25) is 37.7 Å². The molecule has 8 atom stereocenters. The summed E-state index contributed by atoms with van der Waals surface area (Å²) in [6.45, 7) is 18.4. The molecular formula is C64H78N5O15PSi. The van der Waals surface area contributed by atoms with E-state index in [9.17, 15) is 28.6 Å². The fourth-order valence-corrected chi connectivity index (χ4v) is 17.5. The lowest BCUT2D eigenvalue weighted by atomic mass is 9.79. The summed E-state index contributed by atoms with van der Waals surface area (Å²) in [7, 11) is -5.46. The molecule has 20 nitrogen and oxygen atoms in total. The molecule has 3 fully saturated rings. The van der Waals surface area contributed by atoms with Crippen LogP contribution < -0.4 is 42.3 Å². The normalized spacial score (nSPS) is 21.9. The second-order valence-electron chi connectivity index (χ2n) is 22.7. The molecule has 22 heteroatoms. The van der Waals surface area contributed by atoms with Crippen LogP contribution in [0.5, 0.6) is 11.5 Å². The summed E-state index contributed by atoms with van der Waals surface area (Å²) in [5.41, 5.74) is -3.32. The minimum absolute atomic E-state index is 0.0773. The van der Waals surface area contributed by atoms with Crippen LogP contribution in [0.15, 0.2) is 171 Å². The number of aromatic nitrogens is 4. The van der Waals surface area contributed by atoms with Crippen molar-refractivity contribution < 1.29 is 51.4 Å².